The lowest BCUT2D eigenvalue weighted by molar-refractivity contribution is -0.142. The fraction of sp³-hybridized carbons (Fsp3) is 0.385. The molecule has 11 heteroatoms. The van der Waals surface area contributed by atoms with Gasteiger partial charge in [-0.25, -0.2) is 9.67 Å². The van der Waals surface area contributed by atoms with Crippen molar-refractivity contribution in [1.82, 2.24) is 24.6 Å². The number of likely N-dealkylation sites (N-methyl/N-ethyl adjacent to an activating group) is 1. The summed E-state index contributed by atoms with van der Waals surface area (Å²) in [6, 6.07) is 0. The van der Waals surface area contributed by atoms with E-state index < -0.39 is 11.8 Å². The van der Waals surface area contributed by atoms with Gasteiger partial charge in [-0.05, 0) is 6.92 Å². The summed E-state index contributed by atoms with van der Waals surface area (Å²) in [5.41, 5.74) is 0.870. The molecule has 2 aromatic rings. The molecule has 0 saturated carbocycles. The van der Waals surface area contributed by atoms with E-state index >= 15 is 0 Å². The van der Waals surface area contributed by atoms with E-state index in [0.29, 0.717) is 13.0 Å². The van der Waals surface area contributed by atoms with Gasteiger partial charge in [-0.2, -0.15) is 4.98 Å². The van der Waals surface area contributed by atoms with Gasteiger partial charge >= 0.3 is 11.8 Å². The van der Waals surface area contributed by atoms with Crippen LogP contribution in [0, 0.1) is 6.92 Å². The molecule has 0 saturated heterocycles. The molecule has 2 aromatic heterocycles. The zero-order chi connectivity index (χ0) is 17.3. The second-order valence-electron chi connectivity index (χ2n) is 5.28. The first-order valence-corrected chi connectivity index (χ1v) is 8.02. The van der Waals surface area contributed by atoms with Gasteiger partial charge in [0.15, 0.2) is 0 Å². The Morgan fingerprint density at radius 2 is 2.25 bits per heavy atom. The maximum atomic E-state index is 12.1. The molecule has 24 heavy (non-hydrogen) atoms. The molecular formula is C13H15N7O3S. The number of aromatic nitrogens is 4. The minimum absolute atomic E-state index is 0.0240. The van der Waals surface area contributed by atoms with Crippen molar-refractivity contribution in [3.63, 3.8) is 0 Å². The summed E-state index contributed by atoms with van der Waals surface area (Å²) in [4.78, 5) is 44.9. The fourth-order valence-electron chi connectivity index (χ4n) is 2.12. The molecular weight excluding hydrogens is 334 g/mol. The van der Waals surface area contributed by atoms with Crippen LogP contribution >= 0.6 is 11.3 Å². The van der Waals surface area contributed by atoms with Gasteiger partial charge in [0, 0.05) is 24.5 Å². The number of anilines is 2. The molecule has 0 spiro atoms. The molecule has 1 aliphatic rings. The third-order valence-electron chi connectivity index (χ3n) is 3.28. The molecule has 0 bridgehead atoms. The summed E-state index contributed by atoms with van der Waals surface area (Å²) in [6.07, 6.45) is 0.290. The van der Waals surface area contributed by atoms with Crippen molar-refractivity contribution in [2.75, 3.05) is 17.7 Å². The summed E-state index contributed by atoms with van der Waals surface area (Å²) in [5, 5.41) is 11.5. The van der Waals surface area contributed by atoms with E-state index in [1.165, 1.54) is 28.0 Å². The van der Waals surface area contributed by atoms with E-state index in [1.807, 2.05) is 12.3 Å². The molecule has 0 aliphatic carbocycles. The Bertz CT molecular complexity index is 812. The molecule has 1 aliphatic heterocycles. The van der Waals surface area contributed by atoms with Crippen LogP contribution in [0.5, 0.6) is 0 Å². The van der Waals surface area contributed by atoms with Crippen molar-refractivity contribution in [1.29, 1.82) is 0 Å². The first kappa shape index (κ1) is 16.1. The van der Waals surface area contributed by atoms with Crippen LogP contribution in [-0.4, -0.2) is 49.4 Å². The Hall–Kier alpha value is -2.82. The summed E-state index contributed by atoms with van der Waals surface area (Å²) in [7, 11) is 1.52. The number of nitrogens with zero attached hydrogens (tertiary/aromatic N) is 5. The monoisotopic (exact) mass is 349 g/mol. The number of carbonyl (C=O) groups is 3. The van der Waals surface area contributed by atoms with E-state index in [9.17, 15) is 14.4 Å². The van der Waals surface area contributed by atoms with Crippen LogP contribution in [0.25, 0.3) is 0 Å². The summed E-state index contributed by atoms with van der Waals surface area (Å²) < 4.78 is 1.46. The Balaban J connectivity index is 1.61. The zero-order valence-electron chi connectivity index (χ0n) is 13.1. The van der Waals surface area contributed by atoms with E-state index in [4.69, 9.17) is 0 Å². The lowest BCUT2D eigenvalue weighted by atomic mass is 10.4. The highest BCUT2D eigenvalue weighted by Crippen LogP contribution is 2.15. The van der Waals surface area contributed by atoms with Crippen LogP contribution in [0.3, 0.4) is 0 Å². The average molecular weight is 349 g/mol. The van der Waals surface area contributed by atoms with Crippen LogP contribution in [0.15, 0.2) is 5.38 Å². The normalized spacial score (nSPS) is 13.2. The second kappa shape index (κ2) is 6.35. The molecule has 126 valence electrons. The van der Waals surface area contributed by atoms with Crippen molar-refractivity contribution in [2.45, 2.75) is 26.4 Å². The highest BCUT2D eigenvalue weighted by molar-refractivity contribution is 7.09. The molecule has 10 nitrogen and oxygen atoms in total. The topological polar surface area (TPSA) is 122 Å². The molecule has 3 amide bonds. The average Bonchev–Trinajstić information content (AvgIpc) is 3.11. The number of hydrogen-bond donors (Lipinski definition) is 2. The van der Waals surface area contributed by atoms with Gasteiger partial charge < -0.3 is 4.90 Å². The predicted molar refractivity (Wildman–Crippen MR) is 85.2 cm³/mol. The highest BCUT2D eigenvalue weighted by Gasteiger charge is 2.23. The lowest BCUT2D eigenvalue weighted by Gasteiger charge is -2.14. The number of nitrogens with one attached hydrogen (secondary N) is 2. The van der Waals surface area contributed by atoms with E-state index in [1.54, 1.807) is 0 Å². The molecule has 0 fully saturated rings. The van der Waals surface area contributed by atoms with Crippen LogP contribution in [-0.2, 0) is 27.5 Å². The third-order valence-corrected chi connectivity index (χ3v) is 4.23. The minimum atomic E-state index is -0.847. The first-order valence-electron chi connectivity index (χ1n) is 7.14. The maximum absolute atomic E-state index is 12.1. The van der Waals surface area contributed by atoms with Gasteiger partial charge in [0.05, 0.1) is 13.1 Å². The molecule has 0 aromatic carbocycles. The molecule has 0 atom stereocenters. The van der Waals surface area contributed by atoms with Crippen molar-refractivity contribution < 1.29 is 14.4 Å². The smallest absolute Gasteiger partial charge is 0.316 e. The molecule has 0 unspecified atom stereocenters. The molecule has 3 heterocycles. The number of fused-ring (bicyclic) bond motifs is 1. The summed E-state index contributed by atoms with van der Waals surface area (Å²) in [6.45, 7) is 2.48. The first-order chi connectivity index (χ1) is 11.4. The summed E-state index contributed by atoms with van der Waals surface area (Å²) >= 11 is 1.42. The van der Waals surface area contributed by atoms with Gasteiger partial charge in [-0.15, -0.1) is 16.4 Å². The molecule has 0 radical (unpaired) electrons. The van der Waals surface area contributed by atoms with Crippen molar-refractivity contribution in [3.8, 4) is 0 Å². The van der Waals surface area contributed by atoms with Gasteiger partial charge in [0.25, 0.3) is 5.95 Å². The zero-order valence-corrected chi connectivity index (χ0v) is 13.9. The molecule has 2 N–H and O–H groups in total. The largest absolute Gasteiger partial charge is 0.331 e. The van der Waals surface area contributed by atoms with Crippen LogP contribution < -0.4 is 10.6 Å². The highest BCUT2D eigenvalue weighted by atomic mass is 32.1. The number of thiazole rings is 1. The molecule has 3 rings (SSSR count). The standard InChI is InChI=1S/C13H15N7O3S/c1-7-6-24-9(14-7)5-19(2)11(23)10(22)16-12-17-13-15-8(21)3-4-20(13)18-12/h6H,3-5H2,1-2H3,(H2,15,16,17,18,21,22). The van der Waals surface area contributed by atoms with E-state index in [-0.39, 0.29) is 24.3 Å². The summed E-state index contributed by atoms with van der Waals surface area (Å²) in [5.74, 6) is -1.51. The third kappa shape index (κ3) is 3.40. The number of carbonyl (C=O) groups excluding carboxylic acids is 3. The van der Waals surface area contributed by atoms with E-state index in [0.717, 1.165) is 10.7 Å². The van der Waals surface area contributed by atoms with Crippen molar-refractivity contribution in [2.24, 2.45) is 0 Å². The minimum Gasteiger partial charge on any atom is -0.331 e. The van der Waals surface area contributed by atoms with Gasteiger partial charge in [-0.1, -0.05) is 0 Å². The second-order valence-corrected chi connectivity index (χ2v) is 6.22. The maximum Gasteiger partial charge on any atom is 0.316 e. The van der Waals surface area contributed by atoms with Crippen LogP contribution in [0.1, 0.15) is 17.1 Å². The fourth-order valence-corrected chi connectivity index (χ4v) is 2.94. The number of hydrogen-bond acceptors (Lipinski definition) is 7. The predicted octanol–water partition coefficient (Wildman–Crippen LogP) is -0.0177. The Morgan fingerprint density at radius 1 is 1.46 bits per heavy atom. The Kier molecular flexibility index (Phi) is 4.25. The van der Waals surface area contributed by atoms with Crippen molar-refractivity contribution in [3.05, 3.63) is 16.1 Å². The van der Waals surface area contributed by atoms with Crippen molar-refractivity contribution >= 4 is 41.0 Å². The van der Waals surface area contributed by atoms with Crippen LogP contribution in [0.2, 0.25) is 0 Å². The SMILES string of the molecule is Cc1csc(CN(C)C(=O)C(=O)Nc2nc3n(n2)CCC(=O)N3)n1. The van der Waals surface area contributed by atoms with Gasteiger partial charge in [0.1, 0.15) is 5.01 Å². The van der Waals surface area contributed by atoms with Gasteiger partial charge in [-0.3, -0.25) is 25.0 Å². The Morgan fingerprint density at radius 3 is 2.96 bits per heavy atom. The Labute approximate surface area is 140 Å². The van der Waals surface area contributed by atoms with Crippen LogP contribution in [0.4, 0.5) is 11.9 Å². The lowest BCUT2D eigenvalue weighted by Crippen LogP contribution is -2.36. The number of amides is 3. The van der Waals surface area contributed by atoms with Gasteiger partial charge in [0.2, 0.25) is 11.9 Å². The number of aryl methyl sites for hydroxylation is 2. The quantitative estimate of drug-likeness (QED) is 0.751. The number of rotatable bonds is 3. The van der Waals surface area contributed by atoms with E-state index in [2.05, 4.69) is 25.7 Å².